The number of ether oxygens (including phenoxy) is 1. The molecule has 1 rings (SSSR count). The van der Waals surface area contributed by atoms with E-state index < -0.39 is 0 Å². The van der Waals surface area contributed by atoms with Gasteiger partial charge in [0.25, 0.3) is 0 Å². The van der Waals surface area contributed by atoms with E-state index in [4.69, 9.17) is 4.74 Å². The summed E-state index contributed by atoms with van der Waals surface area (Å²) < 4.78 is 5.39. The SMILES string of the molecule is C=C1OCC(C)(C)C1(C)C. The van der Waals surface area contributed by atoms with E-state index in [2.05, 4.69) is 34.3 Å². The molecule has 0 atom stereocenters. The van der Waals surface area contributed by atoms with Crippen LogP contribution in [0.15, 0.2) is 12.3 Å². The zero-order valence-electron chi connectivity index (χ0n) is 7.32. The van der Waals surface area contributed by atoms with E-state index in [1.165, 1.54) is 0 Å². The van der Waals surface area contributed by atoms with Crippen LogP contribution in [0, 0.1) is 10.8 Å². The lowest BCUT2D eigenvalue weighted by atomic mass is 9.70. The van der Waals surface area contributed by atoms with Crippen molar-refractivity contribution in [1.82, 2.24) is 0 Å². The molecule has 0 bridgehead atoms. The standard InChI is InChI=1S/C9H16O/c1-7-9(4,5)8(2,3)6-10-7/h1,6H2,2-5H3. The van der Waals surface area contributed by atoms with Gasteiger partial charge in [-0.25, -0.2) is 0 Å². The molecule has 0 N–H and O–H groups in total. The zero-order valence-corrected chi connectivity index (χ0v) is 7.32. The molecule has 1 nitrogen and oxygen atoms in total. The molecular weight excluding hydrogens is 124 g/mol. The van der Waals surface area contributed by atoms with Gasteiger partial charge < -0.3 is 4.74 Å². The molecule has 10 heavy (non-hydrogen) atoms. The van der Waals surface area contributed by atoms with E-state index >= 15 is 0 Å². The maximum absolute atomic E-state index is 5.39. The molecule has 58 valence electrons. The van der Waals surface area contributed by atoms with Gasteiger partial charge in [0, 0.05) is 10.8 Å². The molecule has 1 fully saturated rings. The van der Waals surface area contributed by atoms with E-state index in [0.29, 0.717) is 0 Å². The maximum Gasteiger partial charge on any atom is 0.0951 e. The van der Waals surface area contributed by atoms with E-state index in [9.17, 15) is 0 Å². The van der Waals surface area contributed by atoms with Gasteiger partial charge in [-0.1, -0.05) is 34.3 Å². The Bertz CT molecular complexity index is 166. The first kappa shape index (κ1) is 7.64. The van der Waals surface area contributed by atoms with Crippen molar-refractivity contribution in [1.29, 1.82) is 0 Å². The summed E-state index contributed by atoms with van der Waals surface area (Å²) >= 11 is 0. The van der Waals surface area contributed by atoms with Crippen LogP contribution in [0.25, 0.3) is 0 Å². The van der Waals surface area contributed by atoms with Crippen LogP contribution >= 0.6 is 0 Å². The summed E-state index contributed by atoms with van der Waals surface area (Å²) in [5.41, 5.74) is 0.372. The summed E-state index contributed by atoms with van der Waals surface area (Å²) in [5, 5.41) is 0. The largest absolute Gasteiger partial charge is 0.497 e. The second-order valence-corrected chi connectivity index (χ2v) is 4.22. The molecule has 0 aromatic heterocycles. The minimum atomic E-state index is 0.132. The highest BCUT2D eigenvalue weighted by Gasteiger charge is 2.46. The topological polar surface area (TPSA) is 9.23 Å². The molecule has 1 heteroatoms. The molecule has 0 radical (unpaired) electrons. The average molecular weight is 140 g/mol. The Balaban J connectivity index is 2.95. The third-order valence-corrected chi connectivity index (χ3v) is 3.00. The van der Waals surface area contributed by atoms with Crippen molar-refractivity contribution in [2.24, 2.45) is 10.8 Å². The van der Waals surface area contributed by atoms with Crippen LogP contribution in [0.2, 0.25) is 0 Å². The smallest absolute Gasteiger partial charge is 0.0951 e. The van der Waals surface area contributed by atoms with Crippen LogP contribution in [0.4, 0.5) is 0 Å². The van der Waals surface area contributed by atoms with Gasteiger partial charge in [0.2, 0.25) is 0 Å². The normalized spacial score (nSPS) is 28.2. The lowest BCUT2D eigenvalue weighted by Crippen LogP contribution is -2.29. The van der Waals surface area contributed by atoms with Crippen molar-refractivity contribution in [2.45, 2.75) is 27.7 Å². The predicted octanol–water partition coefficient (Wildman–Crippen LogP) is 2.58. The van der Waals surface area contributed by atoms with Crippen molar-refractivity contribution in [3.63, 3.8) is 0 Å². The van der Waals surface area contributed by atoms with Gasteiger partial charge in [-0.05, 0) is 0 Å². The predicted molar refractivity (Wildman–Crippen MR) is 42.7 cm³/mol. The third-order valence-electron chi connectivity index (χ3n) is 3.00. The fraction of sp³-hybridized carbons (Fsp3) is 0.778. The number of hydrogen-bond donors (Lipinski definition) is 0. The molecular formula is C9H16O. The summed E-state index contributed by atoms with van der Waals surface area (Å²) in [4.78, 5) is 0. The van der Waals surface area contributed by atoms with Gasteiger partial charge >= 0.3 is 0 Å². The Hall–Kier alpha value is -0.460. The summed E-state index contributed by atoms with van der Waals surface area (Å²) in [7, 11) is 0. The molecule has 1 heterocycles. The summed E-state index contributed by atoms with van der Waals surface area (Å²) in [6, 6.07) is 0. The Kier molecular flexibility index (Phi) is 1.36. The fourth-order valence-corrected chi connectivity index (χ4v) is 1.01. The Morgan fingerprint density at radius 3 is 1.90 bits per heavy atom. The van der Waals surface area contributed by atoms with Crippen LogP contribution in [0.1, 0.15) is 27.7 Å². The van der Waals surface area contributed by atoms with Crippen molar-refractivity contribution in [3.8, 4) is 0 Å². The average Bonchev–Trinajstić information content (AvgIpc) is 1.94. The highest BCUT2D eigenvalue weighted by molar-refractivity contribution is 5.11. The molecule has 0 aromatic rings. The van der Waals surface area contributed by atoms with Crippen LogP contribution in [0.5, 0.6) is 0 Å². The van der Waals surface area contributed by atoms with E-state index in [1.54, 1.807) is 0 Å². The van der Waals surface area contributed by atoms with Gasteiger partial charge in [0.1, 0.15) is 0 Å². The van der Waals surface area contributed by atoms with E-state index in [0.717, 1.165) is 12.4 Å². The van der Waals surface area contributed by atoms with Crippen LogP contribution in [-0.4, -0.2) is 6.61 Å². The Morgan fingerprint density at radius 2 is 1.80 bits per heavy atom. The molecule has 1 aliphatic rings. The van der Waals surface area contributed by atoms with Crippen molar-refractivity contribution in [2.75, 3.05) is 6.61 Å². The number of hydrogen-bond acceptors (Lipinski definition) is 1. The van der Waals surface area contributed by atoms with Crippen molar-refractivity contribution >= 4 is 0 Å². The summed E-state index contributed by atoms with van der Waals surface area (Å²) in [5.74, 6) is 0.928. The lowest BCUT2D eigenvalue weighted by Gasteiger charge is -2.31. The number of allylic oxidation sites excluding steroid dienone is 1. The first-order valence-electron chi connectivity index (χ1n) is 3.70. The Morgan fingerprint density at radius 1 is 1.30 bits per heavy atom. The molecule has 1 aliphatic heterocycles. The van der Waals surface area contributed by atoms with Crippen LogP contribution < -0.4 is 0 Å². The Labute approximate surface area is 63.1 Å². The maximum atomic E-state index is 5.39. The monoisotopic (exact) mass is 140 g/mol. The number of rotatable bonds is 0. The van der Waals surface area contributed by atoms with Crippen molar-refractivity contribution < 1.29 is 4.74 Å². The lowest BCUT2D eigenvalue weighted by molar-refractivity contribution is 0.178. The molecule has 0 amide bonds. The van der Waals surface area contributed by atoms with Gasteiger partial charge in [-0.3, -0.25) is 0 Å². The van der Waals surface area contributed by atoms with E-state index in [1.807, 2.05) is 0 Å². The molecule has 0 aliphatic carbocycles. The minimum absolute atomic E-state index is 0.132. The highest BCUT2D eigenvalue weighted by atomic mass is 16.5. The fourth-order valence-electron chi connectivity index (χ4n) is 1.01. The molecule has 0 aromatic carbocycles. The molecule has 0 saturated carbocycles. The molecule has 0 spiro atoms. The summed E-state index contributed by atoms with van der Waals surface area (Å²) in [6.07, 6.45) is 0. The zero-order chi connectivity index (χ0) is 7.99. The van der Waals surface area contributed by atoms with Crippen LogP contribution in [-0.2, 0) is 4.74 Å². The second kappa shape index (κ2) is 1.77. The van der Waals surface area contributed by atoms with E-state index in [-0.39, 0.29) is 10.8 Å². The first-order chi connectivity index (χ1) is 4.38. The van der Waals surface area contributed by atoms with Gasteiger partial charge in [0.15, 0.2) is 0 Å². The van der Waals surface area contributed by atoms with Gasteiger partial charge in [-0.2, -0.15) is 0 Å². The quantitative estimate of drug-likeness (QED) is 0.502. The molecule has 0 unspecified atom stereocenters. The highest BCUT2D eigenvalue weighted by Crippen LogP contribution is 2.49. The van der Waals surface area contributed by atoms with Crippen LogP contribution in [0.3, 0.4) is 0 Å². The van der Waals surface area contributed by atoms with Gasteiger partial charge in [0.05, 0.1) is 12.4 Å². The second-order valence-electron chi connectivity index (χ2n) is 4.22. The van der Waals surface area contributed by atoms with Gasteiger partial charge in [-0.15, -0.1) is 0 Å². The van der Waals surface area contributed by atoms with Crippen molar-refractivity contribution in [3.05, 3.63) is 12.3 Å². The third kappa shape index (κ3) is 0.764. The summed E-state index contributed by atoms with van der Waals surface area (Å²) in [6.45, 7) is 13.5. The molecule has 1 saturated heterocycles. The minimum Gasteiger partial charge on any atom is -0.497 e. The first-order valence-corrected chi connectivity index (χ1v) is 3.70.